The minimum atomic E-state index is 0.262. The second kappa shape index (κ2) is 8.13. The number of hydrogen-bond donors (Lipinski definition) is 0. The van der Waals surface area contributed by atoms with Gasteiger partial charge in [-0.25, -0.2) is 0 Å². The van der Waals surface area contributed by atoms with Gasteiger partial charge in [0.15, 0.2) is 0 Å². The fourth-order valence-electron chi connectivity index (χ4n) is 4.49. The highest BCUT2D eigenvalue weighted by Gasteiger charge is 2.23. The summed E-state index contributed by atoms with van der Waals surface area (Å²) in [6.07, 6.45) is 9.13. The van der Waals surface area contributed by atoms with E-state index >= 15 is 0 Å². The zero-order valence-electron chi connectivity index (χ0n) is 17.0. The van der Waals surface area contributed by atoms with Crippen LogP contribution >= 0.6 is 0 Å². The maximum atomic E-state index is 6.47. The molecule has 0 saturated carbocycles. The van der Waals surface area contributed by atoms with Gasteiger partial charge in [0, 0.05) is 50.2 Å². The third-order valence-corrected chi connectivity index (χ3v) is 6.21. The Hall–Kier alpha value is -2.44. The van der Waals surface area contributed by atoms with E-state index in [1.165, 1.54) is 10.9 Å². The number of ether oxygens (including phenoxy) is 2. The van der Waals surface area contributed by atoms with Crippen molar-refractivity contribution in [2.45, 2.75) is 44.9 Å². The van der Waals surface area contributed by atoms with Crippen LogP contribution in [0.15, 0.2) is 42.9 Å². The lowest BCUT2D eigenvalue weighted by atomic mass is 10.1. The SMILES string of the molecule is Cc1nccnc1CN1CCC(Oc2cccc3c2ccn3C2CCOC2)CC1. The normalized spacial score (nSPS) is 21.1. The summed E-state index contributed by atoms with van der Waals surface area (Å²) in [5.74, 6) is 1.00. The monoisotopic (exact) mass is 392 g/mol. The Bertz CT molecular complexity index is 972. The number of rotatable bonds is 5. The molecule has 0 amide bonds. The molecule has 4 heterocycles. The standard InChI is InChI=1S/C23H28N4O2/c1-17-21(25-10-9-24-17)15-26-11-5-19(6-12-26)29-23-4-2-3-22-20(23)7-13-27(22)18-8-14-28-16-18/h2-4,7,9-10,13,18-19H,5-6,8,11-12,14-16H2,1H3. The largest absolute Gasteiger partial charge is 0.490 e. The topological polar surface area (TPSA) is 52.4 Å². The Kier molecular flexibility index (Phi) is 5.21. The molecular weight excluding hydrogens is 364 g/mol. The van der Waals surface area contributed by atoms with E-state index in [2.05, 4.69) is 49.9 Å². The minimum absolute atomic E-state index is 0.262. The van der Waals surface area contributed by atoms with Gasteiger partial charge >= 0.3 is 0 Å². The summed E-state index contributed by atoms with van der Waals surface area (Å²) in [7, 11) is 0. The molecule has 2 saturated heterocycles. The average molecular weight is 393 g/mol. The Morgan fingerprint density at radius 3 is 2.76 bits per heavy atom. The highest BCUT2D eigenvalue weighted by Crippen LogP contribution is 2.32. The van der Waals surface area contributed by atoms with Crippen molar-refractivity contribution in [1.29, 1.82) is 0 Å². The lowest BCUT2D eigenvalue weighted by Crippen LogP contribution is -2.38. The first kappa shape index (κ1) is 18.6. The van der Waals surface area contributed by atoms with Crippen LogP contribution in [0.5, 0.6) is 5.75 Å². The summed E-state index contributed by atoms with van der Waals surface area (Å²) in [6, 6.07) is 9.03. The van der Waals surface area contributed by atoms with E-state index in [-0.39, 0.29) is 6.10 Å². The van der Waals surface area contributed by atoms with Crippen LogP contribution in [0.25, 0.3) is 10.9 Å². The van der Waals surface area contributed by atoms with E-state index < -0.39 is 0 Å². The van der Waals surface area contributed by atoms with Gasteiger partial charge in [0.05, 0.1) is 29.6 Å². The molecule has 0 aliphatic carbocycles. The molecule has 152 valence electrons. The van der Waals surface area contributed by atoms with Crippen molar-refractivity contribution in [2.24, 2.45) is 0 Å². The quantitative estimate of drug-likeness (QED) is 0.662. The van der Waals surface area contributed by atoms with Crippen LogP contribution < -0.4 is 4.74 Å². The first-order valence-corrected chi connectivity index (χ1v) is 10.6. The molecular formula is C23H28N4O2. The van der Waals surface area contributed by atoms with E-state index in [0.717, 1.165) is 69.2 Å². The smallest absolute Gasteiger partial charge is 0.129 e. The average Bonchev–Trinajstić information content (AvgIpc) is 3.41. The van der Waals surface area contributed by atoms with Crippen LogP contribution in [-0.4, -0.2) is 51.8 Å². The number of piperidine rings is 1. The summed E-state index contributed by atoms with van der Waals surface area (Å²) in [4.78, 5) is 11.3. The third-order valence-electron chi connectivity index (χ3n) is 6.21. The molecule has 2 aromatic heterocycles. The van der Waals surface area contributed by atoms with Gasteiger partial charge in [-0.05, 0) is 44.4 Å². The summed E-state index contributed by atoms with van der Waals surface area (Å²) in [6.45, 7) is 6.61. The molecule has 0 radical (unpaired) electrons. The fraction of sp³-hybridized carbons (Fsp3) is 0.478. The Morgan fingerprint density at radius 2 is 1.97 bits per heavy atom. The van der Waals surface area contributed by atoms with Crippen molar-refractivity contribution in [3.63, 3.8) is 0 Å². The number of hydrogen-bond acceptors (Lipinski definition) is 5. The number of aromatic nitrogens is 3. The lowest BCUT2D eigenvalue weighted by Gasteiger charge is -2.32. The fourth-order valence-corrected chi connectivity index (χ4v) is 4.49. The van der Waals surface area contributed by atoms with Crippen LogP contribution in [0.3, 0.4) is 0 Å². The van der Waals surface area contributed by atoms with Crippen LogP contribution in [0.4, 0.5) is 0 Å². The number of nitrogens with zero attached hydrogens (tertiary/aromatic N) is 4. The van der Waals surface area contributed by atoms with E-state index in [9.17, 15) is 0 Å². The molecule has 0 N–H and O–H groups in total. The summed E-state index contributed by atoms with van der Waals surface area (Å²) in [5, 5.41) is 1.21. The first-order chi connectivity index (χ1) is 14.3. The zero-order valence-corrected chi connectivity index (χ0v) is 17.0. The van der Waals surface area contributed by atoms with Crippen molar-refractivity contribution in [3.8, 4) is 5.75 Å². The Morgan fingerprint density at radius 1 is 1.10 bits per heavy atom. The van der Waals surface area contributed by atoms with Crippen LogP contribution in [-0.2, 0) is 11.3 Å². The molecule has 2 fully saturated rings. The lowest BCUT2D eigenvalue weighted by molar-refractivity contribution is 0.0971. The second-order valence-electron chi connectivity index (χ2n) is 8.11. The molecule has 6 heteroatoms. The van der Waals surface area contributed by atoms with E-state index in [1.54, 1.807) is 12.4 Å². The Labute approximate surface area is 171 Å². The molecule has 1 unspecified atom stereocenters. The van der Waals surface area contributed by atoms with Crippen LogP contribution in [0.2, 0.25) is 0 Å². The molecule has 1 atom stereocenters. The molecule has 2 aliphatic heterocycles. The van der Waals surface area contributed by atoms with Crippen molar-refractivity contribution < 1.29 is 9.47 Å². The predicted molar refractivity (Wildman–Crippen MR) is 112 cm³/mol. The second-order valence-corrected chi connectivity index (χ2v) is 8.11. The molecule has 1 aromatic carbocycles. The molecule has 2 aliphatic rings. The van der Waals surface area contributed by atoms with Gasteiger partial charge in [0.25, 0.3) is 0 Å². The molecule has 5 rings (SSSR count). The third kappa shape index (κ3) is 3.87. The van der Waals surface area contributed by atoms with Gasteiger partial charge < -0.3 is 14.0 Å². The van der Waals surface area contributed by atoms with E-state index in [1.807, 2.05) is 6.92 Å². The van der Waals surface area contributed by atoms with Gasteiger partial charge in [0.1, 0.15) is 11.9 Å². The van der Waals surface area contributed by atoms with Gasteiger partial charge in [-0.3, -0.25) is 14.9 Å². The van der Waals surface area contributed by atoms with Gasteiger partial charge in [-0.15, -0.1) is 0 Å². The number of aryl methyl sites for hydroxylation is 1. The van der Waals surface area contributed by atoms with E-state index in [4.69, 9.17) is 9.47 Å². The summed E-state index contributed by atoms with van der Waals surface area (Å²) < 4.78 is 14.4. The predicted octanol–water partition coefficient (Wildman–Crippen LogP) is 3.74. The van der Waals surface area contributed by atoms with Crippen LogP contribution in [0, 0.1) is 6.92 Å². The van der Waals surface area contributed by atoms with E-state index in [0.29, 0.717) is 6.04 Å². The van der Waals surface area contributed by atoms with Gasteiger partial charge in [-0.1, -0.05) is 6.07 Å². The van der Waals surface area contributed by atoms with Crippen molar-refractivity contribution in [1.82, 2.24) is 19.4 Å². The molecule has 29 heavy (non-hydrogen) atoms. The molecule has 0 bridgehead atoms. The van der Waals surface area contributed by atoms with Gasteiger partial charge in [0.2, 0.25) is 0 Å². The molecule has 3 aromatic rings. The minimum Gasteiger partial charge on any atom is -0.490 e. The highest BCUT2D eigenvalue weighted by atomic mass is 16.5. The molecule has 0 spiro atoms. The maximum absolute atomic E-state index is 6.47. The Balaban J connectivity index is 1.24. The molecule has 6 nitrogen and oxygen atoms in total. The van der Waals surface area contributed by atoms with Crippen molar-refractivity contribution in [3.05, 3.63) is 54.2 Å². The van der Waals surface area contributed by atoms with Crippen molar-refractivity contribution in [2.75, 3.05) is 26.3 Å². The highest BCUT2D eigenvalue weighted by molar-refractivity contribution is 5.86. The summed E-state index contributed by atoms with van der Waals surface area (Å²) in [5.41, 5.74) is 3.34. The number of likely N-dealkylation sites (tertiary alicyclic amines) is 1. The van der Waals surface area contributed by atoms with Crippen LogP contribution in [0.1, 0.15) is 36.7 Å². The zero-order chi connectivity index (χ0) is 19.6. The first-order valence-electron chi connectivity index (χ1n) is 10.6. The summed E-state index contributed by atoms with van der Waals surface area (Å²) >= 11 is 0. The number of benzene rings is 1. The number of fused-ring (bicyclic) bond motifs is 1. The van der Waals surface area contributed by atoms with Gasteiger partial charge in [-0.2, -0.15) is 0 Å². The van der Waals surface area contributed by atoms with Crippen molar-refractivity contribution >= 4 is 10.9 Å². The maximum Gasteiger partial charge on any atom is 0.129 e.